The van der Waals surface area contributed by atoms with E-state index < -0.39 is 14.9 Å². The van der Waals surface area contributed by atoms with Crippen LogP contribution in [0, 0.1) is 15.5 Å². The van der Waals surface area contributed by atoms with Gasteiger partial charge in [0.15, 0.2) is 0 Å². The number of benzene rings is 1. The second kappa shape index (κ2) is 7.75. The van der Waals surface area contributed by atoms with Gasteiger partial charge in [0, 0.05) is 31.2 Å². The Bertz CT molecular complexity index is 699. The Morgan fingerprint density at radius 1 is 1.42 bits per heavy atom. The standard InChI is InChI=1S/C14H20ClN3O5S/c1-23-10-14(4-6-16-7-5-14)9-17-24(21,22)13-3-2-11(18(19)20)8-12(13)15/h2-3,8,16-17H,4-7,9-10H2,1H3. The number of ether oxygens (including phenoxy) is 1. The molecule has 134 valence electrons. The number of piperidine rings is 1. The van der Waals surface area contributed by atoms with E-state index in [0.29, 0.717) is 6.61 Å². The van der Waals surface area contributed by atoms with Crippen molar-refractivity contribution in [2.75, 3.05) is 33.4 Å². The number of sulfonamides is 1. The number of nitro groups is 1. The molecule has 0 atom stereocenters. The maximum absolute atomic E-state index is 12.5. The Morgan fingerprint density at radius 3 is 2.62 bits per heavy atom. The van der Waals surface area contributed by atoms with Gasteiger partial charge >= 0.3 is 0 Å². The third-order valence-corrected chi connectivity index (χ3v) is 6.05. The van der Waals surface area contributed by atoms with Gasteiger partial charge in [-0.05, 0) is 32.0 Å². The van der Waals surface area contributed by atoms with Crippen LogP contribution in [-0.4, -0.2) is 46.7 Å². The van der Waals surface area contributed by atoms with E-state index in [9.17, 15) is 18.5 Å². The third-order valence-electron chi connectivity index (χ3n) is 4.17. The van der Waals surface area contributed by atoms with Crippen LogP contribution in [0.25, 0.3) is 0 Å². The molecule has 0 aliphatic carbocycles. The SMILES string of the molecule is COCC1(CNS(=O)(=O)c2ccc([N+](=O)[O-])cc2Cl)CCNCC1. The first-order chi connectivity index (χ1) is 11.3. The molecule has 1 aliphatic rings. The lowest BCUT2D eigenvalue weighted by Crippen LogP contribution is -2.47. The molecular weight excluding hydrogens is 358 g/mol. The van der Waals surface area contributed by atoms with Gasteiger partial charge in [0.1, 0.15) is 4.90 Å². The number of halogens is 1. The Hall–Kier alpha value is -1.26. The summed E-state index contributed by atoms with van der Waals surface area (Å²) in [6.07, 6.45) is 1.58. The molecule has 1 heterocycles. The summed E-state index contributed by atoms with van der Waals surface area (Å²) in [4.78, 5) is 9.93. The van der Waals surface area contributed by atoms with Gasteiger partial charge in [0.2, 0.25) is 10.0 Å². The van der Waals surface area contributed by atoms with Gasteiger partial charge in [-0.2, -0.15) is 0 Å². The molecule has 1 saturated heterocycles. The number of nitrogens with one attached hydrogen (secondary N) is 2. The number of hydrogen-bond acceptors (Lipinski definition) is 6. The van der Waals surface area contributed by atoms with E-state index >= 15 is 0 Å². The zero-order valence-corrected chi connectivity index (χ0v) is 14.8. The van der Waals surface area contributed by atoms with Crippen molar-refractivity contribution in [2.24, 2.45) is 5.41 Å². The monoisotopic (exact) mass is 377 g/mol. The molecule has 1 fully saturated rings. The lowest BCUT2D eigenvalue weighted by molar-refractivity contribution is -0.384. The van der Waals surface area contributed by atoms with E-state index in [1.54, 1.807) is 7.11 Å². The van der Waals surface area contributed by atoms with Crippen molar-refractivity contribution in [1.82, 2.24) is 10.0 Å². The molecule has 0 amide bonds. The highest BCUT2D eigenvalue weighted by molar-refractivity contribution is 7.89. The van der Waals surface area contributed by atoms with Crippen molar-refractivity contribution in [1.29, 1.82) is 0 Å². The molecule has 0 saturated carbocycles. The fourth-order valence-corrected chi connectivity index (χ4v) is 4.48. The lowest BCUT2D eigenvalue weighted by atomic mass is 9.80. The van der Waals surface area contributed by atoms with Gasteiger partial charge in [0.25, 0.3) is 5.69 Å². The first kappa shape index (κ1) is 19.1. The van der Waals surface area contributed by atoms with Crippen molar-refractivity contribution >= 4 is 27.3 Å². The summed E-state index contributed by atoms with van der Waals surface area (Å²) in [6, 6.07) is 3.30. The van der Waals surface area contributed by atoms with Crippen LogP contribution < -0.4 is 10.0 Å². The van der Waals surface area contributed by atoms with Gasteiger partial charge in [-0.3, -0.25) is 10.1 Å². The summed E-state index contributed by atoms with van der Waals surface area (Å²) in [6.45, 7) is 2.26. The zero-order chi connectivity index (χ0) is 17.8. The van der Waals surface area contributed by atoms with Gasteiger partial charge in [-0.15, -0.1) is 0 Å². The quantitative estimate of drug-likeness (QED) is 0.551. The van der Waals surface area contributed by atoms with Crippen LogP contribution in [0.5, 0.6) is 0 Å². The molecule has 24 heavy (non-hydrogen) atoms. The number of rotatable bonds is 7. The first-order valence-electron chi connectivity index (χ1n) is 7.43. The van der Waals surface area contributed by atoms with Gasteiger partial charge < -0.3 is 10.1 Å². The Balaban J connectivity index is 2.17. The van der Waals surface area contributed by atoms with Crippen LogP contribution in [0.2, 0.25) is 5.02 Å². The summed E-state index contributed by atoms with van der Waals surface area (Å²) < 4.78 is 32.8. The van der Waals surface area contributed by atoms with Crippen molar-refractivity contribution in [3.63, 3.8) is 0 Å². The van der Waals surface area contributed by atoms with Crippen molar-refractivity contribution in [3.05, 3.63) is 33.3 Å². The van der Waals surface area contributed by atoms with E-state index in [2.05, 4.69) is 10.0 Å². The summed E-state index contributed by atoms with van der Waals surface area (Å²) in [5.41, 5.74) is -0.534. The summed E-state index contributed by atoms with van der Waals surface area (Å²) in [5.74, 6) is 0. The van der Waals surface area contributed by atoms with E-state index in [4.69, 9.17) is 16.3 Å². The minimum Gasteiger partial charge on any atom is -0.384 e. The number of hydrogen-bond donors (Lipinski definition) is 2. The maximum Gasteiger partial charge on any atom is 0.271 e. The molecule has 8 nitrogen and oxygen atoms in total. The fourth-order valence-electron chi connectivity index (χ4n) is 2.78. The third kappa shape index (κ3) is 4.42. The molecule has 0 aromatic heterocycles. The van der Waals surface area contributed by atoms with Gasteiger partial charge in [0.05, 0.1) is 16.6 Å². The fraction of sp³-hybridized carbons (Fsp3) is 0.571. The summed E-state index contributed by atoms with van der Waals surface area (Å²) in [5, 5.41) is 13.8. The number of methoxy groups -OCH3 is 1. The second-order valence-corrected chi connectivity index (χ2v) is 8.02. The van der Waals surface area contributed by atoms with E-state index in [1.807, 2.05) is 0 Å². The minimum atomic E-state index is -3.87. The second-order valence-electron chi connectivity index (χ2n) is 5.88. The molecule has 0 unspecified atom stereocenters. The van der Waals surface area contributed by atoms with Crippen LogP contribution in [0.1, 0.15) is 12.8 Å². The van der Waals surface area contributed by atoms with Crippen LogP contribution >= 0.6 is 11.6 Å². The van der Waals surface area contributed by atoms with Crippen molar-refractivity contribution < 1.29 is 18.1 Å². The maximum atomic E-state index is 12.5. The molecular formula is C14H20ClN3O5S. The summed E-state index contributed by atoms with van der Waals surface area (Å²) >= 11 is 5.92. The largest absolute Gasteiger partial charge is 0.384 e. The zero-order valence-electron chi connectivity index (χ0n) is 13.2. The van der Waals surface area contributed by atoms with Crippen LogP contribution in [-0.2, 0) is 14.8 Å². The van der Waals surface area contributed by atoms with E-state index in [1.165, 1.54) is 0 Å². The van der Waals surface area contributed by atoms with Crippen molar-refractivity contribution in [3.8, 4) is 0 Å². The number of nitrogens with zero attached hydrogens (tertiary/aromatic N) is 1. The lowest BCUT2D eigenvalue weighted by Gasteiger charge is -2.37. The topological polar surface area (TPSA) is 111 Å². The van der Waals surface area contributed by atoms with Gasteiger partial charge in [-0.25, -0.2) is 13.1 Å². The van der Waals surface area contributed by atoms with Crippen LogP contribution in [0.15, 0.2) is 23.1 Å². The predicted octanol–water partition coefficient (Wildman–Crippen LogP) is 1.54. The summed E-state index contributed by atoms with van der Waals surface area (Å²) in [7, 11) is -2.28. The number of nitro benzene ring substituents is 1. The molecule has 10 heteroatoms. The predicted molar refractivity (Wildman–Crippen MR) is 89.7 cm³/mol. The molecule has 0 spiro atoms. The molecule has 1 aromatic rings. The highest BCUT2D eigenvalue weighted by atomic mass is 35.5. The van der Waals surface area contributed by atoms with Crippen molar-refractivity contribution in [2.45, 2.75) is 17.7 Å². The van der Waals surface area contributed by atoms with E-state index in [-0.39, 0.29) is 27.6 Å². The first-order valence-corrected chi connectivity index (χ1v) is 9.29. The molecule has 2 N–H and O–H groups in total. The average Bonchev–Trinajstić information content (AvgIpc) is 2.54. The molecule has 2 rings (SSSR count). The Labute approximate surface area is 145 Å². The van der Waals surface area contributed by atoms with Crippen LogP contribution in [0.3, 0.4) is 0 Å². The number of non-ortho nitro benzene ring substituents is 1. The van der Waals surface area contributed by atoms with Crippen LogP contribution in [0.4, 0.5) is 5.69 Å². The highest BCUT2D eigenvalue weighted by Gasteiger charge is 2.34. The smallest absolute Gasteiger partial charge is 0.271 e. The normalized spacial score (nSPS) is 17.6. The average molecular weight is 378 g/mol. The molecule has 0 radical (unpaired) electrons. The molecule has 1 aromatic carbocycles. The Kier molecular flexibility index (Phi) is 6.16. The van der Waals surface area contributed by atoms with Gasteiger partial charge in [-0.1, -0.05) is 11.6 Å². The molecule has 0 bridgehead atoms. The Morgan fingerprint density at radius 2 is 2.08 bits per heavy atom. The minimum absolute atomic E-state index is 0.170. The molecule has 1 aliphatic heterocycles. The highest BCUT2D eigenvalue weighted by Crippen LogP contribution is 2.30. The van der Waals surface area contributed by atoms with E-state index in [0.717, 1.165) is 44.1 Å².